The van der Waals surface area contributed by atoms with E-state index in [2.05, 4.69) is 243 Å². The highest BCUT2D eigenvalue weighted by molar-refractivity contribution is 6.22. The van der Waals surface area contributed by atoms with Crippen molar-refractivity contribution in [2.24, 2.45) is 0 Å². The molecule has 0 saturated carbocycles. The summed E-state index contributed by atoms with van der Waals surface area (Å²) in [5, 5.41) is 4.94. The lowest BCUT2D eigenvalue weighted by Crippen LogP contribution is -2.22. The Labute approximate surface area is 357 Å². The van der Waals surface area contributed by atoms with Crippen LogP contribution in [0, 0.1) is 0 Å². The summed E-state index contributed by atoms with van der Waals surface area (Å²) in [6.07, 6.45) is 0. The quantitative estimate of drug-likeness (QED) is 0.152. The minimum atomic E-state index is -0.291. The van der Waals surface area contributed by atoms with E-state index in [-0.39, 0.29) is 10.8 Å². The Morgan fingerprint density at radius 1 is 0.311 bits per heavy atom. The summed E-state index contributed by atoms with van der Waals surface area (Å²) in [4.78, 5) is 2.57. The molecule has 2 atom stereocenters. The predicted octanol–water partition coefficient (Wildman–Crippen LogP) is 15.8. The van der Waals surface area contributed by atoms with Crippen molar-refractivity contribution in [2.45, 2.75) is 24.7 Å². The van der Waals surface area contributed by atoms with Gasteiger partial charge in [0.2, 0.25) is 0 Å². The van der Waals surface area contributed by atoms with Crippen LogP contribution in [0.15, 0.2) is 224 Å². The molecule has 0 aliphatic heterocycles. The van der Waals surface area contributed by atoms with E-state index in [0.29, 0.717) is 0 Å². The van der Waals surface area contributed by atoms with Gasteiger partial charge in [0.05, 0.1) is 5.69 Å². The molecule has 0 bridgehead atoms. The number of anilines is 3. The first-order valence-electron chi connectivity index (χ1n) is 21.4. The fourth-order valence-corrected chi connectivity index (χ4v) is 11.1. The van der Waals surface area contributed by atoms with Gasteiger partial charge in [-0.1, -0.05) is 200 Å². The first kappa shape index (κ1) is 35.5. The van der Waals surface area contributed by atoms with Crippen LogP contribution in [0.25, 0.3) is 54.9 Å². The Bertz CT molecular complexity index is 3190. The molecule has 2 aliphatic rings. The van der Waals surface area contributed by atoms with E-state index in [1.807, 2.05) is 0 Å². The molecule has 0 spiro atoms. The zero-order chi connectivity index (χ0) is 40.7. The Morgan fingerprint density at radius 2 is 0.689 bits per heavy atom. The second kappa shape index (κ2) is 13.5. The molecule has 0 heterocycles. The standard InChI is InChI=1S/C60H43N/c1-59(41-22-8-4-9-23-41)53-32-18-16-28-47(53)51-38-43(34-36-55(51)59)61(44-35-37-56-52(39-44)48-29-17-19-33-54(48)60(56,2)42-24-10-5-11-25-42)58-50-31-15-13-27-46(50)45-26-12-14-30-49(45)57(58)40-20-6-3-7-21-40/h3-39H,1-2H3. The molecule has 1 heteroatoms. The second-order valence-corrected chi connectivity index (χ2v) is 17.0. The third-order valence-corrected chi connectivity index (χ3v) is 14.0. The molecule has 2 unspecified atom stereocenters. The molecule has 288 valence electrons. The molecule has 0 amide bonds. The highest BCUT2D eigenvalue weighted by Crippen LogP contribution is 2.57. The maximum atomic E-state index is 2.57. The van der Waals surface area contributed by atoms with E-state index in [9.17, 15) is 0 Å². The van der Waals surface area contributed by atoms with E-state index in [1.54, 1.807) is 0 Å². The van der Waals surface area contributed by atoms with Gasteiger partial charge in [0.1, 0.15) is 0 Å². The van der Waals surface area contributed by atoms with Gasteiger partial charge in [0.15, 0.2) is 0 Å². The average molecular weight is 778 g/mol. The summed E-state index contributed by atoms with van der Waals surface area (Å²) in [5.41, 5.74) is 18.3. The van der Waals surface area contributed by atoms with Gasteiger partial charge in [-0.3, -0.25) is 0 Å². The van der Waals surface area contributed by atoms with Crippen LogP contribution >= 0.6 is 0 Å². The number of hydrogen-bond donors (Lipinski definition) is 0. The monoisotopic (exact) mass is 777 g/mol. The Hall–Kier alpha value is -7.48. The molecule has 61 heavy (non-hydrogen) atoms. The normalized spacial score (nSPS) is 17.1. The summed E-state index contributed by atoms with van der Waals surface area (Å²) < 4.78 is 0. The molecule has 0 fully saturated rings. The van der Waals surface area contributed by atoms with Crippen molar-refractivity contribution in [3.63, 3.8) is 0 Å². The highest BCUT2D eigenvalue weighted by atomic mass is 15.1. The van der Waals surface area contributed by atoms with Gasteiger partial charge in [0.25, 0.3) is 0 Å². The van der Waals surface area contributed by atoms with Gasteiger partial charge >= 0.3 is 0 Å². The molecule has 0 N–H and O–H groups in total. The number of fused-ring (bicyclic) bond motifs is 9. The van der Waals surface area contributed by atoms with E-state index in [0.717, 1.165) is 11.4 Å². The summed E-state index contributed by atoms with van der Waals surface area (Å²) >= 11 is 0. The Balaban J connectivity index is 1.19. The SMILES string of the molecule is CC1(c2ccccc2)c2ccccc2-c2cc(N(c3ccc4c(c3)-c3ccccc3C4(C)c3ccccc3)c3c(-c4ccccc4)c4ccccc4c4ccccc34)ccc21. The largest absolute Gasteiger partial charge is 0.309 e. The zero-order valence-corrected chi connectivity index (χ0v) is 34.3. The van der Waals surface area contributed by atoms with Crippen molar-refractivity contribution in [1.29, 1.82) is 0 Å². The van der Waals surface area contributed by atoms with Crippen molar-refractivity contribution < 1.29 is 0 Å². The number of nitrogens with zero attached hydrogens (tertiary/aromatic N) is 1. The Kier molecular flexibility index (Phi) is 7.86. The van der Waals surface area contributed by atoms with E-state index in [4.69, 9.17) is 0 Å². The molecular weight excluding hydrogens is 735 g/mol. The van der Waals surface area contributed by atoms with Crippen molar-refractivity contribution in [2.75, 3.05) is 4.90 Å². The van der Waals surface area contributed by atoms with Crippen LogP contribution in [0.1, 0.15) is 47.2 Å². The van der Waals surface area contributed by atoms with Gasteiger partial charge in [-0.25, -0.2) is 0 Å². The molecule has 0 aromatic heterocycles. The first-order chi connectivity index (χ1) is 30.0. The fourth-order valence-electron chi connectivity index (χ4n) is 11.1. The van der Waals surface area contributed by atoms with Gasteiger partial charge in [-0.05, 0) is 115 Å². The van der Waals surface area contributed by atoms with Crippen LogP contribution in [0.3, 0.4) is 0 Å². The fraction of sp³-hybridized carbons (Fsp3) is 0.0667. The summed E-state index contributed by atoms with van der Waals surface area (Å²) in [5.74, 6) is 0. The average Bonchev–Trinajstić information content (AvgIpc) is 3.75. The lowest BCUT2D eigenvalue weighted by atomic mass is 9.74. The predicted molar refractivity (Wildman–Crippen MR) is 256 cm³/mol. The number of benzene rings is 10. The molecule has 12 rings (SSSR count). The smallest absolute Gasteiger partial charge is 0.0624 e. The van der Waals surface area contributed by atoms with Crippen molar-refractivity contribution >= 4 is 38.6 Å². The number of hydrogen-bond acceptors (Lipinski definition) is 1. The molecule has 0 radical (unpaired) electrons. The summed E-state index contributed by atoms with van der Waals surface area (Å²) in [6.45, 7) is 4.80. The minimum absolute atomic E-state index is 0.291. The van der Waals surface area contributed by atoms with Crippen LogP contribution < -0.4 is 4.90 Å². The zero-order valence-electron chi connectivity index (χ0n) is 34.3. The van der Waals surface area contributed by atoms with Crippen LogP contribution in [-0.4, -0.2) is 0 Å². The van der Waals surface area contributed by atoms with Gasteiger partial charge in [-0.15, -0.1) is 0 Å². The van der Waals surface area contributed by atoms with Gasteiger partial charge in [0, 0.05) is 33.2 Å². The van der Waals surface area contributed by atoms with E-state index >= 15 is 0 Å². The molecular formula is C60H43N. The topological polar surface area (TPSA) is 3.24 Å². The number of rotatable bonds is 6. The van der Waals surface area contributed by atoms with Gasteiger partial charge in [-0.2, -0.15) is 0 Å². The minimum Gasteiger partial charge on any atom is -0.309 e. The van der Waals surface area contributed by atoms with Crippen LogP contribution in [0.5, 0.6) is 0 Å². The summed E-state index contributed by atoms with van der Waals surface area (Å²) in [6, 6.07) is 83.5. The lowest BCUT2D eigenvalue weighted by molar-refractivity contribution is 0.714. The molecule has 10 aromatic carbocycles. The lowest BCUT2D eigenvalue weighted by Gasteiger charge is -2.33. The van der Waals surface area contributed by atoms with Crippen LogP contribution in [0.4, 0.5) is 17.1 Å². The van der Waals surface area contributed by atoms with Crippen LogP contribution in [-0.2, 0) is 10.8 Å². The van der Waals surface area contributed by atoms with Crippen LogP contribution in [0.2, 0.25) is 0 Å². The highest BCUT2D eigenvalue weighted by Gasteiger charge is 2.43. The van der Waals surface area contributed by atoms with E-state index < -0.39 is 0 Å². The van der Waals surface area contributed by atoms with E-state index in [1.165, 1.54) is 94.0 Å². The molecule has 2 aliphatic carbocycles. The van der Waals surface area contributed by atoms with Crippen molar-refractivity contribution in [1.82, 2.24) is 0 Å². The van der Waals surface area contributed by atoms with Crippen molar-refractivity contribution in [3.05, 3.63) is 258 Å². The third-order valence-electron chi connectivity index (χ3n) is 14.0. The maximum absolute atomic E-state index is 2.57. The Morgan fingerprint density at radius 3 is 1.20 bits per heavy atom. The maximum Gasteiger partial charge on any atom is 0.0624 e. The summed E-state index contributed by atoms with van der Waals surface area (Å²) in [7, 11) is 0. The van der Waals surface area contributed by atoms with Gasteiger partial charge < -0.3 is 4.90 Å². The molecule has 10 aromatic rings. The van der Waals surface area contributed by atoms with Crippen molar-refractivity contribution in [3.8, 4) is 33.4 Å². The molecule has 1 nitrogen and oxygen atoms in total. The first-order valence-corrected chi connectivity index (χ1v) is 21.4. The third kappa shape index (κ3) is 5.08. The molecule has 0 saturated heterocycles. The second-order valence-electron chi connectivity index (χ2n) is 17.0.